The summed E-state index contributed by atoms with van der Waals surface area (Å²) in [5.74, 6) is -0.635. The molecule has 6 N–H and O–H groups in total. The van der Waals surface area contributed by atoms with Crippen LogP contribution in [-0.4, -0.2) is 39.9 Å². The van der Waals surface area contributed by atoms with Crippen LogP contribution >= 0.6 is 0 Å². The van der Waals surface area contributed by atoms with Gasteiger partial charge in [0.1, 0.15) is 5.75 Å². The Hall–Kier alpha value is -3.36. The first kappa shape index (κ1) is 28.7. The predicted octanol–water partition coefficient (Wildman–Crippen LogP) is 3.17. The lowest BCUT2D eigenvalue weighted by Gasteiger charge is -2.09. The van der Waals surface area contributed by atoms with Crippen LogP contribution in [0, 0.1) is 0 Å². The summed E-state index contributed by atoms with van der Waals surface area (Å²) in [7, 11) is -3.76. The highest BCUT2D eigenvalue weighted by Crippen LogP contribution is 2.17. The fourth-order valence-corrected chi connectivity index (χ4v) is 2.77. The number of nitrogens with one attached hydrogen (secondary N) is 2. The van der Waals surface area contributed by atoms with Crippen molar-refractivity contribution in [3.05, 3.63) is 48.5 Å². The van der Waals surface area contributed by atoms with Crippen LogP contribution in [0.25, 0.3) is 0 Å². The number of urea groups is 1. The summed E-state index contributed by atoms with van der Waals surface area (Å²) in [5.41, 5.74) is 6.46. The molecular formula is C20H25F3N4O6S. The van der Waals surface area contributed by atoms with Crippen LogP contribution < -0.4 is 26.2 Å². The van der Waals surface area contributed by atoms with E-state index < -0.39 is 28.4 Å². The number of hydrogen-bond donors (Lipinski definition) is 4. The highest BCUT2D eigenvalue weighted by molar-refractivity contribution is 7.89. The third-order valence-electron chi connectivity index (χ3n) is 3.68. The molecule has 0 fully saturated rings. The number of carbonyl (C=O) groups excluding carboxylic acids is 2. The smallest absolute Gasteiger partial charge is 0.494 e. The molecule has 0 heterocycles. The molecule has 0 spiro atoms. The third kappa shape index (κ3) is 12.6. The van der Waals surface area contributed by atoms with Gasteiger partial charge < -0.3 is 25.8 Å². The Kier molecular flexibility index (Phi) is 11.3. The number of alkyl halides is 3. The maximum atomic E-state index is 12.0. The van der Waals surface area contributed by atoms with Crippen LogP contribution in [0.1, 0.15) is 19.8 Å². The lowest BCUT2D eigenvalue weighted by atomic mass is 10.3. The van der Waals surface area contributed by atoms with Crippen LogP contribution in [0.3, 0.4) is 0 Å². The molecular weight excluding hydrogens is 481 g/mol. The number of benzene rings is 2. The molecule has 0 aromatic heterocycles. The monoisotopic (exact) mass is 506 g/mol. The minimum absolute atomic E-state index is 0.0227. The molecule has 2 aromatic rings. The second kappa shape index (κ2) is 13.4. The number of hydrogen-bond acceptors (Lipinski definition) is 7. The maximum absolute atomic E-state index is 12.0. The second-order valence-electron chi connectivity index (χ2n) is 6.56. The number of carbonyl (C=O) groups is 2. The largest absolute Gasteiger partial charge is 0.575 e. The Labute approximate surface area is 194 Å². The molecule has 0 aliphatic rings. The second-order valence-corrected chi connectivity index (χ2v) is 8.12. The topological polar surface area (TPSA) is 163 Å². The Morgan fingerprint density at radius 1 is 0.941 bits per heavy atom. The SMILES string of the molecule is CC(=O)OC(F)(F)F.NCCCCOc1ccc(NC(=O)Nc2ccc(S(N)(=O)=O)cc2)cc1. The van der Waals surface area contributed by atoms with Crippen LogP contribution in [0.15, 0.2) is 53.4 Å². The summed E-state index contributed by atoms with van der Waals surface area (Å²) in [6, 6.07) is 12.1. The van der Waals surface area contributed by atoms with Gasteiger partial charge in [0.05, 0.1) is 11.5 Å². The Bertz CT molecular complexity index is 1030. The van der Waals surface area contributed by atoms with E-state index in [0.717, 1.165) is 12.8 Å². The van der Waals surface area contributed by atoms with E-state index in [1.165, 1.54) is 24.3 Å². The highest BCUT2D eigenvalue weighted by atomic mass is 32.2. The molecule has 0 bridgehead atoms. The van der Waals surface area contributed by atoms with Gasteiger partial charge >= 0.3 is 18.4 Å². The van der Waals surface area contributed by atoms with Gasteiger partial charge in [-0.15, -0.1) is 13.2 Å². The number of rotatable bonds is 8. The van der Waals surface area contributed by atoms with Crippen LogP contribution in [0.4, 0.5) is 29.3 Å². The quantitative estimate of drug-likeness (QED) is 0.316. The van der Waals surface area contributed by atoms with Gasteiger partial charge in [-0.05, 0) is 67.9 Å². The molecule has 14 heteroatoms. The van der Waals surface area contributed by atoms with Gasteiger partial charge in [-0.2, -0.15) is 0 Å². The first-order chi connectivity index (χ1) is 15.8. The van der Waals surface area contributed by atoms with Crippen molar-refractivity contribution in [2.75, 3.05) is 23.8 Å². The van der Waals surface area contributed by atoms with Gasteiger partial charge in [0.2, 0.25) is 10.0 Å². The van der Waals surface area contributed by atoms with Gasteiger partial charge in [-0.1, -0.05) is 0 Å². The van der Waals surface area contributed by atoms with E-state index >= 15 is 0 Å². The van der Waals surface area contributed by atoms with Crippen LogP contribution in [0.2, 0.25) is 0 Å². The average molecular weight is 507 g/mol. The summed E-state index contributed by atoms with van der Waals surface area (Å²) in [6.07, 6.45) is -3.02. The molecule has 34 heavy (non-hydrogen) atoms. The number of primary sulfonamides is 1. The van der Waals surface area contributed by atoms with Crippen LogP contribution in [-0.2, 0) is 19.6 Å². The van der Waals surface area contributed by atoms with Crippen molar-refractivity contribution in [3.63, 3.8) is 0 Å². The maximum Gasteiger partial charge on any atom is 0.575 e. The van der Waals surface area contributed by atoms with E-state index in [2.05, 4.69) is 15.4 Å². The van der Waals surface area contributed by atoms with Gasteiger partial charge in [0.15, 0.2) is 0 Å². The molecule has 0 radical (unpaired) electrons. The summed E-state index contributed by atoms with van der Waals surface area (Å²) < 4.78 is 63.3. The van der Waals surface area contributed by atoms with Crippen molar-refractivity contribution in [1.29, 1.82) is 0 Å². The van der Waals surface area contributed by atoms with Crippen molar-refractivity contribution in [1.82, 2.24) is 0 Å². The van der Waals surface area contributed by atoms with E-state index in [0.29, 0.717) is 37.2 Å². The number of amides is 2. The van der Waals surface area contributed by atoms with E-state index in [-0.39, 0.29) is 4.90 Å². The number of anilines is 2. The first-order valence-electron chi connectivity index (χ1n) is 9.70. The van der Waals surface area contributed by atoms with Gasteiger partial charge in [-0.3, -0.25) is 4.79 Å². The minimum Gasteiger partial charge on any atom is -0.494 e. The summed E-state index contributed by atoms with van der Waals surface area (Å²) in [6.45, 7) is 1.93. The van der Waals surface area contributed by atoms with Crippen molar-refractivity contribution < 1.29 is 40.7 Å². The minimum atomic E-state index is -4.83. The molecule has 0 aliphatic carbocycles. The molecule has 2 rings (SSSR count). The number of sulfonamides is 1. The first-order valence-corrected chi connectivity index (χ1v) is 11.2. The summed E-state index contributed by atoms with van der Waals surface area (Å²) >= 11 is 0. The normalized spacial score (nSPS) is 11.0. The number of nitrogens with two attached hydrogens (primary N) is 2. The zero-order valence-electron chi connectivity index (χ0n) is 18.1. The molecule has 0 atom stereocenters. The van der Waals surface area contributed by atoms with Crippen molar-refractivity contribution in [2.24, 2.45) is 10.9 Å². The number of halogens is 3. The standard InChI is InChI=1S/C17H22N4O4S.C3H3F3O2/c18-11-1-2-12-25-15-7-3-13(4-8-15)20-17(22)21-14-5-9-16(10-6-14)26(19,23)24;1-2(7)8-3(4,5)6/h3-10H,1-2,11-12,18H2,(H2,19,23,24)(H2,20,21,22);1H3. The van der Waals surface area contributed by atoms with Crippen molar-refractivity contribution >= 4 is 33.4 Å². The van der Waals surface area contributed by atoms with Gasteiger partial charge in [0, 0.05) is 18.3 Å². The Morgan fingerprint density at radius 3 is 1.82 bits per heavy atom. The predicted molar refractivity (Wildman–Crippen MR) is 119 cm³/mol. The molecule has 188 valence electrons. The average Bonchev–Trinajstić information content (AvgIpc) is 2.71. The molecule has 0 unspecified atom stereocenters. The lowest BCUT2D eigenvalue weighted by molar-refractivity contribution is -0.304. The van der Waals surface area contributed by atoms with E-state index in [1.807, 2.05) is 0 Å². The fourth-order valence-electron chi connectivity index (χ4n) is 2.26. The van der Waals surface area contributed by atoms with E-state index in [4.69, 9.17) is 15.6 Å². The molecule has 0 saturated heterocycles. The van der Waals surface area contributed by atoms with Crippen molar-refractivity contribution in [3.8, 4) is 5.75 Å². The van der Waals surface area contributed by atoms with Gasteiger partial charge in [-0.25, -0.2) is 18.4 Å². The number of esters is 1. The highest BCUT2D eigenvalue weighted by Gasteiger charge is 2.32. The van der Waals surface area contributed by atoms with Crippen molar-refractivity contribution in [2.45, 2.75) is 31.0 Å². The van der Waals surface area contributed by atoms with Gasteiger partial charge in [0.25, 0.3) is 0 Å². The van der Waals surface area contributed by atoms with Crippen LogP contribution in [0.5, 0.6) is 5.75 Å². The molecule has 2 amide bonds. The molecule has 0 aliphatic heterocycles. The fraction of sp³-hybridized carbons (Fsp3) is 0.300. The lowest BCUT2D eigenvalue weighted by Crippen LogP contribution is -2.19. The third-order valence-corrected chi connectivity index (χ3v) is 4.61. The summed E-state index contributed by atoms with van der Waals surface area (Å²) in [5, 5.41) is 10.3. The zero-order valence-corrected chi connectivity index (χ0v) is 18.9. The van der Waals surface area contributed by atoms with E-state index in [1.54, 1.807) is 24.3 Å². The Morgan fingerprint density at radius 2 is 1.44 bits per heavy atom. The molecule has 10 nitrogen and oxygen atoms in total. The molecule has 0 saturated carbocycles. The number of ether oxygens (including phenoxy) is 2. The summed E-state index contributed by atoms with van der Waals surface area (Å²) in [4.78, 5) is 21.5. The zero-order chi connectivity index (χ0) is 25.8. The molecule has 2 aromatic carbocycles. The van der Waals surface area contributed by atoms with E-state index in [9.17, 15) is 31.2 Å². The Balaban J connectivity index is 0.000000620. The number of unbranched alkanes of at least 4 members (excludes halogenated alkanes) is 1.